The highest BCUT2D eigenvalue weighted by Crippen LogP contribution is 2.29. The number of aromatic nitrogens is 2. The Bertz CT molecular complexity index is 1250. The van der Waals surface area contributed by atoms with Crippen molar-refractivity contribution in [3.63, 3.8) is 0 Å². The number of amides is 1. The average molecular weight is 483 g/mol. The number of nitrogens with one attached hydrogen (secondary N) is 1. The van der Waals surface area contributed by atoms with Crippen LogP contribution < -0.4 is 10.1 Å². The summed E-state index contributed by atoms with van der Waals surface area (Å²) >= 11 is 0. The van der Waals surface area contributed by atoms with E-state index in [1.807, 2.05) is 54.6 Å². The number of piperidine rings is 1. The Morgan fingerprint density at radius 3 is 2.32 bits per heavy atom. The molecule has 1 aromatic heterocycles. The van der Waals surface area contributed by atoms with Crippen molar-refractivity contribution in [3.8, 4) is 11.4 Å². The van der Waals surface area contributed by atoms with E-state index in [2.05, 4.69) is 10.4 Å². The zero-order chi connectivity index (χ0) is 24.3. The number of carbonyl (C=O) groups excluding carboxylic acids is 1. The smallest absolute Gasteiger partial charge is 0.246 e. The molecule has 180 valence electrons. The number of carbonyl (C=O) groups is 1. The molecule has 0 saturated carbocycles. The molecule has 1 amide bonds. The van der Waals surface area contributed by atoms with Gasteiger partial charge in [0, 0.05) is 25.6 Å². The molecule has 9 heteroatoms. The third-order valence-corrected chi connectivity index (χ3v) is 8.43. The van der Waals surface area contributed by atoms with Crippen LogP contribution in [0.25, 0.3) is 5.69 Å². The summed E-state index contributed by atoms with van der Waals surface area (Å²) < 4.78 is 35.2. The van der Waals surface area contributed by atoms with E-state index in [1.54, 1.807) is 25.6 Å². The summed E-state index contributed by atoms with van der Waals surface area (Å²) in [6.07, 6.45) is 0.969. The number of benzene rings is 2. The lowest BCUT2D eigenvalue weighted by Crippen LogP contribution is -2.43. The summed E-state index contributed by atoms with van der Waals surface area (Å²) in [5.74, 6) is 0.513. The van der Waals surface area contributed by atoms with Crippen LogP contribution in [0.4, 0.5) is 0 Å². The molecule has 1 N–H and O–H groups in total. The van der Waals surface area contributed by atoms with Gasteiger partial charge in [0.25, 0.3) is 0 Å². The van der Waals surface area contributed by atoms with Crippen molar-refractivity contribution < 1.29 is 17.9 Å². The quantitative estimate of drug-likeness (QED) is 0.558. The molecule has 8 nitrogen and oxygen atoms in total. The maximum Gasteiger partial charge on any atom is 0.246 e. The first-order chi connectivity index (χ1) is 16.3. The van der Waals surface area contributed by atoms with E-state index < -0.39 is 10.0 Å². The summed E-state index contributed by atoms with van der Waals surface area (Å²) in [6.45, 7) is 4.53. The molecule has 2 heterocycles. The molecule has 1 saturated heterocycles. The van der Waals surface area contributed by atoms with E-state index in [9.17, 15) is 13.2 Å². The van der Waals surface area contributed by atoms with Crippen LogP contribution in [0.15, 0.2) is 59.5 Å². The molecule has 34 heavy (non-hydrogen) atoms. The van der Waals surface area contributed by atoms with Crippen molar-refractivity contribution in [2.75, 3.05) is 20.2 Å². The van der Waals surface area contributed by atoms with Gasteiger partial charge in [0.2, 0.25) is 15.9 Å². The lowest BCUT2D eigenvalue weighted by Gasteiger charge is -2.30. The Hall–Kier alpha value is -3.17. The van der Waals surface area contributed by atoms with Gasteiger partial charge in [-0.2, -0.15) is 9.40 Å². The molecule has 0 aliphatic carbocycles. The molecule has 2 aromatic carbocycles. The third kappa shape index (κ3) is 4.85. The van der Waals surface area contributed by atoms with Crippen LogP contribution in [0.2, 0.25) is 0 Å². The number of ether oxygens (including phenoxy) is 1. The van der Waals surface area contributed by atoms with E-state index in [1.165, 1.54) is 4.31 Å². The van der Waals surface area contributed by atoms with Gasteiger partial charge in [0.1, 0.15) is 10.6 Å². The van der Waals surface area contributed by atoms with E-state index in [0.717, 1.165) is 17.0 Å². The van der Waals surface area contributed by atoms with E-state index in [0.29, 0.717) is 43.9 Å². The van der Waals surface area contributed by atoms with Crippen LogP contribution in [-0.2, 0) is 21.4 Å². The fourth-order valence-electron chi connectivity index (χ4n) is 4.39. The number of methoxy groups -OCH3 is 1. The highest BCUT2D eigenvalue weighted by atomic mass is 32.2. The van der Waals surface area contributed by atoms with Crippen molar-refractivity contribution in [3.05, 3.63) is 71.5 Å². The molecule has 0 atom stereocenters. The second-order valence-electron chi connectivity index (χ2n) is 8.49. The lowest BCUT2D eigenvalue weighted by atomic mass is 9.97. The Labute approximate surface area is 200 Å². The van der Waals surface area contributed by atoms with E-state index in [-0.39, 0.29) is 16.7 Å². The van der Waals surface area contributed by atoms with E-state index >= 15 is 0 Å². The first-order valence-electron chi connectivity index (χ1n) is 11.3. The molecule has 1 aliphatic heterocycles. The number of sulfonamides is 1. The average Bonchev–Trinajstić information content (AvgIpc) is 3.17. The van der Waals surface area contributed by atoms with Gasteiger partial charge >= 0.3 is 0 Å². The largest absolute Gasteiger partial charge is 0.497 e. The molecule has 1 aliphatic rings. The molecular formula is C25H30N4O4S. The number of aryl methyl sites for hydroxylation is 1. The normalized spacial score (nSPS) is 15.3. The Balaban J connectivity index is 1.39. The molecular weight excluding hydrogens is 452 g/mol. The van der Waals surface area contributed by atoms with Crippen LogP contribution in [0.1, 0.15) is 29.8 Å². The predicted octanol–water partition coefficient (Wildman–Crippen LogP) is 3.21. The van der Waals surface area contributed by atoms with Gasteiger partial charge in [-0.15, -0.1) is 0 Å². The predicted molar refractivity (Wildman–Crippen MR) is 129 cm³/mol. The Kier molecular flexibility index (Phi) is 7.04. The zero-order valence-corrected chi connectivity index (χ0v) is 20.5. The summed E-state index contributed by atoms with van der Waals surface area (Å²) in [7, 11) is -2.10. The maximum atomic E-state index is 13.5. The highest BCUT2D eigenvalue weighted by molar-refractivity contribution is 7.89. The molecule has 3 aromatic rings. The van der Waals surface area contributed by atoms with Gasteiger partial charge in [-0.25, -0.2) is 13.1 Å². The first-order valence-corrected chi connectivity index (χ1v) is 12.8. The molecule has 0 unspecified atom stereocenters. The fraction of sp³-hybridized carbons (Fsp3) is 0.360. The van der Waals surface area contributed by atoms with Crippen LogP contribution in [0.3, 0.4) is 0 Å². The number of hydrogen-bond acceptors (Lipinski definition) is 5. The zero-order valence-electron chi connectivity index (χ0n) is 19.7. The Morgan fingerprint density at radius 2 is 1.71 bits per heavy atom. The van der Waals surface area contributed by atoms with Gasteiger partial charge in [0.15, 0.2) is 0 Å². The lowest BCUT2D eigenvalue weighted by molar-refractivity contribution is -0.126. The Morgan fingerprint density at radius 1 is 1.06 bits per heavy atom. The molecule has 0 bridgehead atoms. The monoisotopic (exact) mass is 482 g/mol. The van der Waals surface area contributed by atoms with E-state index in [4.69, 9.17) is 4.74 Å². The van der Waals surface area contributed by atoms with Gasteiger partial charge in [-0.1, -0.05) is 30.3 Å². The van der Waals surface area contributed by atoms with Crippen LogP contribution in [0.5, 0.6) is 5.75 Å². The molecule has 1 fully saturated rings. The minimum absolute atomic E-state index is 0.0443. The van der Waals surface area contributed by atoms with Gasteiger partial charge in [-0.3, -0.25) is 4.79 Å². The van der Waals surface area contributed by atoms with Crippen LogP contribution in [0, 0.1) is 19.8 Å². The van der Waals surface area contributed by atoms with Gasteiger partial charge < -0.3 is 10.1 Å². The van der Waals surface area contributed by atoms with Crippen molar-refractivity contribution in [2.24, 2.45) is 5.92 Å². The summed E-state index contributed by atoms with van der Waals surface area (Å²) in [5, 5.41) is 7.46. The topological polar surface area (TPSA) is 93.5 Å². The molecule has 0 spiro atoms. The third-order valence-electron chi connectivity index (χ3n) is 6.27. The number of para-hydroxylation sites is 1. The minimum Gasteiger partial charge on any atom is -0.497 e. The fourth-order valence-corrected chi connectivity index (χ4v) is 6.21. The molecule has 0 radical (unpaired) electrons. The van der Waals surface area contributed by atoms with Gasteiger partial charge in [-0.05, 0) is 56.5 Å². The number of hydrogen-bond donors (Lipinski definition) is 1. The second-order valence-corrected chi connectivity index (χ2v) is 10.4. The molecule has 4 rings (SSSR count). The van der Waals surface area contributed by atoms with Crippen LogP contribution in [-0.4, -0.2) is 48.6 Å². The highest BCUT2D eigenvalue weighted by Gasteiger charge is 2.35. The number of rotatable bonds is 7. The summed E-state index contributed by atoms with van der Waals surface area (Å²) in [4.78, 5) is 12.9. The van der Waals surface area contributed by atoms with Crippen molar-refractivity contribution in [1.82, 2.24) is 19.4 Å². The van der Waals surface area contributed by atoms with Gasteiger partial charge in [0.05, 0.1) is 24.2 Å². The maximum absolute atomic E-state index is 13.5. The van der Waals surface area contributed by atoms with Crippen LogP contribution >= 0.6 is 0 Å². The first kappa shape index (κ1) is 24.0. The van der Waals surface area contributed by atoms with Crippen molar-refractivity contribution >= 4 is 15.9 Å². The minimum atomic E-state index is -3.72. The van der Waals surface area contributed by atoms with Crippen molar-refractivity contribution in [1.29, 1.82) is 0 Å². The summed E-state index contributed by atoms with van der Waals surface area (Å²) in [5.41, 5.74) is 2.86. The summed E-state index contributed by atoms with van der Waals surface area (Å²) in [6, 6.07) is 17.0. The van der Waals surface area contributed by atoms with Crippen molar-refractivity contribution in [2.45, 2.75) is 38.1 Å². The SMILES string of the molecule is COc1ccc(CNC(=O)C2CCN(S(=O)(=O)c3c(C)nn(-c4ccccc4)c3C)CC2)cc1. The second kappa shape index (κ2) is 9.99. The number of nitrogens with zero attached hydrogens (tertiary/aromatic N) is 3. The standard InChI is InChI=1S/C25H30N4O4S/c1-18-24(19(2)29(27-18)22-7-5-4-6-8-22)34(31,32)28-15-13-21(14-16-28)25(30)26-17-20-9-11-23(33-3)12-10-20/h4-12,21H,13-17H2,1-3H3,(H,26,30).